The van der Waals surface area contributed by atoms with Crippen LogP contribution < -0.4 is 0 Å². The molecule has 0 unspecified atom stereocenters. The topological polar surface area (TPSA) is 3.24 Å². The Labute approximate surface area is 136 Å². The van der Waals surface area contributed by atoms with Crippen LogP contribution in [0.25, 0.3) is 0 Å². The lowest BCUT2D eigenvalue weighted by Crippen LogP contribution is -2.42. The van der Waals surface area contributed by atoms with Gasteiger partial charge in [-0.1, -0.05) is 36.4 Å². The van der Waals surface area contributed by atoms with Crippen LogP contribution in [-0.4, -0.2) is 30.1 Å². The van der Waals surface area contributed by atoms with Gasteiger partial charge in [-0.2, -0.15) is 0 Å². The fraction of sp³-hybridized carbons (Fsp3) is 0.333. The monoisotopic (exact) mass is 317 g/mol. The highest BCUT2D eigenvalue weighted by molar-refractivity contribution is 7.98. The predicted octanol–water partition coefficient (Wildman–Crippen LogP) is 4.59. The van der Waals surface area contributed by atoms with Crippen LogP contribution in [0, 0.1) is 0 Å². The van der Waals surface area contributed by atoms with Gasteiger partial charge in [0.1, 0.15) is 0 Å². The van der Waals surface area contributed by atoms with Crippen molar-refractivity contribution in [3.05, 3.63) is 65.2 Å². The number of alkyl halides is 1. The van der Waals surface area contributed by atoms with Crippen molar-refractivity contribution in [3.8, 4) is 0 Å². The second-order valence-corrected chi connectivity index (χ2v) is 6.77. The molecule has 3 rings (SSSR count). The number of nitrogens with zero attached hydrogens (tertiary/aromatic N) is 1. The lowest BCUT2D eigenvalue weighted by molar-refractivity contribution is 0.215. The summed E-state index contributed by atoms with van der Waals surface area (Å²) in [4.78, 5) is 3.68. The molecule has 0 N–H and O–H groups in total. The lowest BCUT2D eigenvalue weighted by Gasteiger charge is -2.40. The molecule has 1 aliphatic rings. The molecule has 0 saturated heterocycles. The molecule has 0 spiro atoms. The van der Waals surface area contributed by atoms with Crippen LogP contribution in [0.5, 0.6) is 0 Å². The van der Waals surface area contributed by atoms with E-state index in [2.05, 4.69) is 66.7 Å². The van der Waals surface area contributed by atoms with Gasteiger partial charge in [-0.05, 0) is 42.1 Å². The van der Waals surface area contributed by atoms with E-state index in [0.717, 1.165) is 6.54 Å². The summed E-state index contributed by atoms with van der Waals surface area (Å²) in [7, 11) is 2.17. The van der Waals surface area contributed by atoms with Crippen molar-refractivity contribution in [2.45, 2.75) is 23.4 Å². The van der Waals surface area contributed by atoms with Crippen molar-refractivity contribution in [2.24, 2.45) is 0 Å². The highest BCUT2D eigenvalue weighted by atomic mass is 35.5. The van der Waals surface area contributed by atoms with Gasteiger partial charge in [0.05, 0.1) is 0 Å². The van der Waals surface area contributed by atoms with Gasteiger partial charge < -0.3 is 0 Å². The lowest BCUT2D eigenvalue weighted by atomic mass is 9.80. The molecule has 110 valence electrons. The number of hydrogen-bond acceptors (Lipinski definition) is 2. The fourth-order valence-corrected chi connectivity index (χ4v) is 4.07. The Hall–Kier alpha value is -0.960. The van der Waals surface area contributed by atoms with E-state index in [9.17, 15) is 0 Å². The van der Waals surface area contributed by atoms with E-state index in [1.54, 1.807) is 11.8 Å². The Morgan fingerprint density at radius 3 is 2.52 bits per heavy atom. The van der Waals surface area contributed by atoms with E-state index in [4.69, 9.17) is 11.6 Å². The highest BCUT2D eigenvalue weighted by Crippen LogP contribution is 2.38. The molecule has 0 saturated carbocycles. The smallest absolute Gasteiger partial charge is 0.0388 e. The van der Waals surface area contributed by atoms with E-state index in [1.807, 2.05) is 0 Å². The van der Waals surface area contributed by atoms with E-state index < -0.39 is 0 Å². The first-order valence-corrected chi connectivity index (χ1v) is 8.98. The van der Waals surface area contributed by atoms with Crippen LogP contribution in [0.15, 0.2) is 53.4 Å². The third kappa shape index (κ3) is 2.85. The highest BCUT2D eigenvalue weighted by Gasteiger charge is 2.33. The zero-order chi connectivity index (χ0) is 14.8. The zero-order valence-electron chi connectivity index (χ0n) is 12.4. The van der Waals surface area contributed by atoms with Crippen molar-refractivity contribution in [3.63, 3.8) is 0 Å². The summed E-state index contributed by atoms with van der Waals surface area (Å²) in [6, 6.07) is 18.0. The second kappa shape index (κ2) is 6.43. The van der Waals surface area contributed by atoms with Crippen LogP contribution in [0.4, 0.5) is 0 Å². The number of benzene rings is 2. The number of rotatable bonds is 3. The molecule has 0 amide bonds. The molecule has 21 heavy (non-hydrogen) atoms. The fourth-order valence-electron chi connectivity index (χ4n) is 3.25. The Morgan fingerprint density at radius 2 is 1.86 bits per heavy atom. The second-order valence-electron chi connectivity index (χ2n) is 5.59. The van der Waals surface area contributed by atoms with Crippen molar-refractivity contribution in [1.82, 2.24) is 4.90 Å². The molecule has 1 heterocycles. The average Bonchev–Trinajstić information content (AvgIpc) is 2.53. The van der Waals surface area contributed by atoms with Gasteiger partial charge in [-0.3, -0.25) is 4.90 Å². The molecular formula is C18H20ClNS. The molecular weight excluding hydrogens is 298 g/mol. The molecule has 3 heteroatoms. The summed E-state index contributed by atoms with van der Waals surface area (Å²) in [6.07, 6.45) is 2.11. The Balaban J connectivity index is 2.07. The summed E-state index contributed by atoms with van der Waals surface area (Å²) in [5, 5.41) is 0. The zero-order valence-corrected chi connectivity index (χ0v) is 14.0. The molecule has 2 aromatic carbocycles. The van der Waals surface area contributed by atoms with Crippen LogP contribution in [0.3, 0.4) is 0 Å². The molecule has 0 bridgehead atoms. The third-order valence-corrected chi connectivity index (χ3v) is 5.45. The quantitative estimate of drug-likeness (QED) is 0.601. The van der Waals surface area contributed by atoms with Gasteiger partial charge >= 0.3 is 0 Å². The summed E-state index contributed by atoms with van der Waals surface area (Å²) in [6.45, 7) is 0.979. The van der Waals surface area contributed by atoms with Crippen molar-refractivity contribution in [1.29, 1.82) is 0 Å². The first-order chi connectivity index (χ1) is 10.2. The first kappa shape index (κ1) is 15.0. The number of hydrogen-bond donors (Lipinski definition) is 0. The van der Waals surface area contributed by atoms with E-state index in [1.165, 1.54) is 21.6 Å². The van der Waals surface area contributed by atoms with E-state index in [0.29, 0.717) is 17.8 Å². The molecule has 0 aromatic heterocycles. The molecule has 0 fully saturated rings. The molecule has 1 aliphatic heterocycles. The Kier molecular flexibility index (Phi) is 4.58. The maximum Gasteiger partial charge on any atom is 0.0388 e. The van der Waals surface area contributed by atoms with Crippen LogP contribution in [0.2, 0.25) is 0 Å². The molecule has 0 aliphatic carbocycles. The minimum absolute atomic E-state index is 0.349. The van der Waals surface area contributed by atoms with Gasteiger partial charge in [0.2, 0.25) is 0 Å². The summed E-state index contributed by atoms with van der Waals surface area (Å²) in [5.74, 6) is 1.01. The SMILES string of the molecule is CSc1ccc([C@@H]2c3ccccc3CN(C)[C@H]2CCl)cc1. The Morgan fingerprint density at radius 1 is 1.14 bits per heavy atom. The van der Waals surface area contributed by atoms with Crippen molar-refractivity contribution in [2.75, 3.05) is 19.2 Å². The van der Waals surface area contributed by atoms with Gasteiger partial charge in [-0.25, -0.2) is 0 Å². The summed E-state index contributed by atoms with van der Waals surface area (Å²) < 4.78 is 0. The van der Waals surface area contributed by atoms with E-state index >= 15 is 0 Å². The van der Waals surface area contributed by atoms with E-state index in [-0.39, 0.29) is 0 Å². The van der Waals surface area contributed by atoms with Crippen molar-refractivity contribution >= 4 is 23.4 Å². The van der Waals surface area contributed by atoms with Gasteiger partial charge in [0.25, 0.3) is 0 Å². The molecule has 2 aromatic rings. The molecule has 1 nitrogen and oxygen atoms in total. The number of fused-ring (bicyclic) bond motifs is 1. The first-order valence-electron chi connectivity index (χ1n) is 7.22. The maximum atomic E-state index is 6.30. The normalized spacial score (nSPS) is 22.0. The van der Waals surface area contributed by atoms with Crippen LogP contribution in [-0.2, 0) is 6.54 Å². The number of thioether (sulfide) groups is 1. The third-order valence-electron chi connectivity index (χ3n) is 4.39. The standard InChI is InChI=1S/C18H20ClNS/c1-20-12-14-5-3-4-6-16(14)18(17(20)11-19)13-7-9-15(21-2)10-8-13/h3-10,17-18H,11-12H2,1-2H3/t17-,18+/m0/s1. The minimum Gasteiger partial charge on any atom is -0.297 e. The minimum atomic E-state index is 0.349. The van der Waals surface area contributed by atoms with Crippen LogP contribution in [0.1, 0.15) is 22.6 Å². The number of halogens is 1. The molecule has 0 radical (unpaired) electrons. The van der Waals surface area contributed by atoms with Gasteiger partial charge in [0, 0.05) is 29.3 Å². The predicted molar refractivity (Wildman–Crippen MR) is 92.5 cm³/mol. The van der Waals surface area contributed by atoms with Gasteiger partial charge in [-0.15, -0.1) is 23.4 Å². The number of likely N-dealkylation sites (N-methyl/N-ethyl adjacent to an activating group) is 1. The van der Waals surface area contributed by atoms with Crippen LogP contribution >= 0.6 is 23.4 Å². The summed E-state index contributed by atoms with van der Waals surface area (Å²) >= 11 is 8.08. The maximum absolute atomic E-state index is 6.30. The Bertz CT molecular complexity index is 611. The van der Waals surface area contributed by atoms with Gasteiger partial charge in [0.15, 0.2) is 0 Å². The summed E-state index contributed by atoms with van der Waals surface area (Å²) in [5.41, 5.74) is 4.20. The molecule has 2 atom stereocenters. The average molecular weight is 318 g/mol. The largest absolute Gasteiger partial charge is 0.297 e. The van der Waals surface area contributed by atoms with Crippen molar-refractivity contribution < 1.29 is 0 Å².